The fourth-order valence-corrected chi connectivity index (χ4v) is 3.71. The third kappa shape index (κ3) is 3.80. The minimum Gasteiger partial charge on any atom is -0.496 e. The van der Waals surface area contributed by atoms with Crippen LogP contribution in [0.3, 0.4) is 0 Å². The second-order valence-electron chi connectivity index (χ2n) is 3.71. The number of hydrogen-bond acceptors (Lipinski definition) is 5. The van der Waals surface area contributed by atoms with Gasteiger partial charge in [0.15, 0.2) is 5.85 Å². The largest absolute Gasteiger partial charge is 0.496 e. The minimum absolute atomic E-state index is 0.284. The predicted octanol–water partition coefficient (Wildman–Crippen LogP) is 3.61. The molecule has 0 heterocycles. The molecule has 0 radical (unpaired) electrons. The van der Waals surface area contributed by atoms with E-state index in [9.17, 15) is 4.57 Å². The molecule has 5 nitrogen and oxygen atoms in total. The molecule has 0 spiro atoms. The van der Waals surface area contributed by atoms with Crippen LogP contribution in [0, 0.1) is 0 Å². The Hall–Kier alpha value is -0.870. The summed E-state index contributed by atoms with van der Waals surface area (Å²) >= 11 is 0. The van der Waals surface area contributed by atoms with Gasteiger partial charge < -0.3 is 18.5 Å². The standard InChI is InChI=1S/C13H21O5P/c1-5-17-19(14,18-6-2)13(16-4)11-9-7-8-10-12(11)15-3/h7-10,13H,5-6H2,1-4H3. The molecule has 1 rings (SSSR count). The lowest BCUT2D eigenvalue weighted by Crippen LogP contribution is -2.09. The molecule has 1 unspecified atom stereocenters. The summed E-state index contributed by atoms with van der Waals surface area (Å²) in [4.78, 5) is 0. The first kappa shape index (κ1) is 16.2. The van der Waals surface area contributed by atoms with Crippen LogP contribution in [0.2, 0.25) is 0 Å². The van der Waals surface area contributed by atoms with Gasteiger partial charge in [0.2, 0.25) is 0 Å². The van der Waals surface area contributed by atoms with E-state index in [2.05, 4.69) is 0 Å². The van der Waals surface area contributed by atoms with Crippen LogP contribution in [0.25, 0.3) is 0 Å². The molecule has 0 saturated carbocycles. The molecule has 0 aliphatic carbocycles. The summed E-state index contributed by atoms with van der Waals surface area (Å²) in [5, 5.41) is 0. The predicted molar refractivity (Wildman–Crippen MR) is 73.6 cm³/mol. The molecule has 0 amide bonds. The summed E-state index contributed by atoms with van der Waals surface area (Å²) in [6, 6.07) is 7.23. The molecule has 0 aromatic heterocycles. The Morgan fingerprint density at radius 1 is 1.11 bits per heavy atom. The molecule has 0 fully saturated rings. The number of hydrogen-bond donors (Lipinski definition) is 0. The first-order valence-electron chi connectivity index (χ1n) is 6.17. The maximum Gasteiger partial charge on any atom is 0.363 e. The van der Waals surface area contributed by atoms with E-state index >= 15 is 0 Å². The second-order valence-corrected chi connectivity index (χ2v) is 5.77. The lowest BCUT2D eigenvalue weighted by atomic mass is 10.2. The lowest BCUT2D eigenvalue weighted by molar-refractivity contribution is 0.108. The van der Waals surface area contributed by atoms with E-state index in [1.165, 1.54) is 7.11 Å². The number of para-hydroxylation sites is 1. The summed E-state index contributed by atoms with van der Waals surface area (Å²) < 4.78 is 34.1. The Bertz CT molecular complexity index is 425. The van der Waals surface area contributed by atoms with Gasteiger partial charge in [-0.25, -0.2) is 0 Å². The summed E-state index contributed by atoms with van der Waals surface area (Å²) in [6.45, 7) is 4.10. The molecule has 0 bridgehead atoms. The molecule has 108 valence electrons. The number of ether oxygens (including phenoxy) is 2. The molecule has 0 N–H and O–H groups in total. The molecule has 6 heteroatoms. The van der Waals surface area contributed by atoms with Crippen molar-refractivity contribution in [1.29, 1.82) is 0 Å². The lowest BCUT2D eigenvalue weighted by Gasteiger charge is -2.26. The van der Waals surface area contributed by atoms with Crippen LogP contribution in [-0.4, -0.2) is 27.4 Å². The fraction of sp³-hybridized carbons (Fsp3) is 0.538. The van der Waals surface area contributed by atoms with E-state index in [-0.39, 0.29) is 13.2 Å². The van der Waals surface area contributed by atoms with Crippen molar-refractivity contribution in [2.24, 2.45) is 0 Å². The van der Waals surface area contributed by atoms with Gasteiger partial charge in [-0.05, 0) is 19.9 Å². The third-order valence-corrected chi connectivity index (χ3v) is 4.83. The Labute approximate surface area is 114 Å². The Morgan fingerprint density at radius 3 is 2.16 bits per heavy atom. The number of rotatable bonds is 8. The fourth-order valence-electron chi connectivity index (χ4n) is 1.83. The topological polar surface area (TPSA) is 54.0 Å². The van der Waals surface area contributed by atoms with Crippen molar-refractivity contribution < 1.29 is 23.1 Å². The van der Waals surface area contributed by atoms with E-state index in [4.69, 9.17) is 18.5 Å². The molecule has 0 aliphatic rings. The first-order valence-corrected chi connectivity index (χ1v) is 7.78. The van der Waals surface area contributed by atoms with E-state index in [0.29, 0.717) is 11.3 Å². The number of benzene rings is 1. The summed E-state index contributed by atoms with van der Waals surface area (Å²) in [6.07, 6.45) is 0. The van der Waals surface area contributed by atoms with Crippen molar-refractivity contribution in [3.63, 3.8) is 0 Å². The van der Waals surface area contributed by atoms with Crippen molar-refractivity contribution in [3.8, 4) is 5.75 Å². The van der Waals surface area contributed by atoms with Crippen LogP contribution < -0.4 is 4.74 Å². The molecule has 1 atom stereocenters. The monoisotopic (exact) mass is 288 g/mol. The van der Waals surface area contributed by atoms with Gasteiger partial charge in [0.05, 0.1) is 20.3 Å². The Morgan fingerprint density at radius 2 is 1.68 bits per heavy atom. The third-order valence-electron chi connectivity index (χ3n) is 2.53. The van der Waals surface area contributed by atoms with E-state index in [0.717, 1.165) is 0 Å². The van der Waals surface area contributed by atoms with E-state index < -0.39 is 13.4 Å². The summed E-state index contributed by atoms with van der Waals surface area (Å²) in [5.41, 5.74) is 0.651. The highest BCUT2D eigenvalue weighted by atomic mass is 31.2. The SMILES string of the molecule is CCOP(=O)(OCC)C(OC)c1ccccc1OC. The molecular formula is C13H21O5P. The van der Waals surface area contributed by atoms with Crippen molar-refractivity contribution in [2.75, 3.05) is 27.4 Å². The molecule has 0 aliphatic heterocycles. The molecule has 0 saturated heterocycles. The highest BCUT2D eigenvalue weighted by Crippen LogP contribution is 2.62. The average molecular weight is 288 g/mol. The van der Waals surface area contributed by atoms with Crippen LogP contribution in [0.5, 0.6) is 5.75 Å². The van der Waals surface area contributed by atoms with Crippen LogP contribution in [-0.2, 0) is 18.3 Å². The maximum atomic E-state index is 12.8. The second kappa shape index (κ2) is 7.65. The van der Waals surface area contributed by atoms with Gasteiger partial charge in [-0.2, -0.15) is 0 Å². The van der Waals surface area contributed by atoms with Gasteiger partial charge in [0, 0.05) is 12.7 Å². The smallest absolute Gasteiger partial charge is 0.363 e. The normalized spacial score (nSPS) is 13.3. The zero-order valence-corrected chi connectivity index (χ0v) is 12.7. The van der Waals surface area contributed by atoms with Gasteiger partial charge >= 0.3 is 7.60 Å². The summed E-state index contributed by atoms with van der Waals surface area (Å²) in [7, 11) is -0.366. The van der Waals surface area contributed by atoms with Gasteiger partial charge in [-0.15, -0.1) is 0 Å². The van der Waals surface area contributed by atoms with Crippen LogP contribution >= 0.6 is 7.60 Å². The van der Waals surface area contributed by atoms with E-state index in [1.807, 2.05) is 12.1 Å². The quantitative estimate of drug-likeness (QED) is 0.684. The van der Waals surface area contributed by atoms with Crippen LogP contribution in [0.1, 0.15) is 25.3 Å². The Balaban J connectivity index is 3.19. The van der Waals surface area contributed by atoms with Gasteiger partial charge in [-0.1, -0.05) is 18.2 Å². The zero-order valence-electron chi connectivity index (χ0n) is 11.8. The molecule has 1 aromatic carbocycles. The zero-order chi connectivity index (χ0) is 14.3. The molecular weight excluding hydrogens is 267 g/mol. The van der Waals surface area contributed by atoms with Crippen LogP contribution in [0.4, 0.5) is 0 Å². The first-order chi connectivity index (χ1) is 9.12. The van der Waals surface area contributed by atoms with Crippen LogP contribution in [0.15, 0.2) is 24.3 Å². The molecule has 1 aromatic rings. The Kier molecular flexibility index (Phi) is 6.52. The highest BCUT2D eigenvalue weighted by Gasteiger charge is 2.38. The van der Waals surface area contributed by atoms with Gasteiger partial charge in [-0.3, -0.25) is 4.57 Å². The minimum atomic E-state index is -3.39. The average Bonchev–Trinajstić information content (AvgIpc) is 2.40. The van der Waals surface area contributed by atoms with E-state index in [1.54, 1.807) is 33.1 Å². The molecule has 19 heavy (non-hydrogen) atoms. The van der Waals surface area contributed by atoms with Crippen molar-refractivity contribution >= 4 is 7.60 Å². The maximum absolute atomic E-state index is 12.8. The van der Waals surface area contributed by atoms with Crippen molar-refractivity contribution in [1.82, 2.24) is 0 Å². The number of methoxy groups -OCH3 is 2. The van der Waals surface area contributed by atoms with Crippen molar-refractivity contribution in [2.45, 2.75) is 19.7 Å². The van der Waals surface area contributed by atoms with Gasteiger partial charge in [0.1, 0.15) is 5.75 Å². The van der Waals surface area contributed by atoms with Crippen molar-refractivity contribution in [3.05, 3.63) is 29.8 Å². The van der Waals surface area contributed by atoms with Gasteiger partial charge in [0.25, 0.3) is 0 Å². The summed E-state index contributed by atoms with van der Waals surface area (Å²) in [5.74, 6) is -0.211. The highest BCUT2D eigenvalue weighted by molar-refractivity contribution is 7.54.